The normalized spacial score (nSPS) is 17.4. The standard InChI is InChI=1S/C20H20N4O2/c1-14-7-4-5-12-23(14)20-17-10-2-3-11-18(17)21-19(22-20)15-8-6-9-16(13-15)24(25)26/h2-3,6,8-11,13-14H,4-5,7,12H2,1H3. The molecule has 1 aromatic heterocycles. The third-order valence-electron chi connectivity index (χ3n) is 4.97. The van der Waals surface area contributed by atoms with Gasteiger partial charge < -0.3 is 4.90 Å². The van der Waals surface area contributed by atoms with Gasteiger partial charge in [0.1, 0.15) is 5.82 Å². The zero-order valence-electron chi connectivity index (χ0n) is 14.6. The Morgan fingerprint density at radius 3 is 2.77 bits per heavy atom. The number of benzene rings is 2. The van der Waals surface area contributed by atoms with E-state index in [1.54, 1.807) is 6.07 Å². The molecule has 0 radical (unpaired) electrons. The van der Waals surface area contributed by atoms with Crippen LogP contribution in [0.25, 0.3) is 22.3 Å². The lowest BCUT2D eigenvalue weighted by Gasteiger charge is -2.35. The average Bonchev–Trinajstić information content (AvgIpc) is 2.68. The third-order valence-corrected chi connectivity index (χ3v) is 4.97. The number of aromatic nitrogens is 2. The van der Waals surface area contributed by atoms with Crippen LogP contribution in [0.15, 0.2) is 48.5 Å². The second-order valence-electron chi connectivity index (χ2n) is 6.73. The Morgan fingerprint density at radius 2 is 1.96 bits per heavy atom. The predicted octanol–water partition coefficient (Wildman–Crippen LogP) is 4.58. The Bertz CT molecular complexity index is 973. The van der Waals surface area contributed by atoms with Gasteiger partial charge in [0.25, 0.3) is 5.69 Å². The molecule has 0 aliphatic carbocycles. The molecule has 2 aromatic carbocycles. The highest BCUT2D eigenvalue weighted by Crippen LogP contribution is 2.32. The maximum atomic E-state index is 11.1. The molecule has 6 nitrogen and oxygen atoms in total. The molecule has 2 heterocycles. The monoisotopic (exact) mass is 348 g/mol. The van der Waals surface area contributed by atoms with Gasteiger partial charge in [-0.15, -0.1) is 0 Å². The van der Waals surface area contributed by atoms with Gasteiger partial charge in [-0.3, -0.25) is 10.1 Å². The Kier molecular flexibility index (Phi) is 4.24. The topological polar surface area (TPSA) is 72.2 Å². The van der Waals surface area contributed by atoms with E-state index in [4.69, 9.17) is 4.98 Å². The van der Waals surface area contributed by atoms with E-state index in [1.165, 1.54) is 18.6 Å². The first-order valence-corrected chi connectivity index (χ1v) is 8.92. The minimum atomic E-state index is -0.391. The number of nitro groups is 1. The first-order chi connectivity index (χ1) is 12.6. The van der Waals surface area contributed by atoms with Crippen LogP contribution in [0, 0.1) is 10.1 Å². The van der Waals surface area contributed by atoms with Gasteiger partial charge >= 0.3 is 0 Å². The second-order valence-corrected chi connectivity index (χ2v) is 6.73. The van der Waals surface area contributed by atoms with E-state index < -0.39 is 4.92 Å². The summed E-state index contributed by atoms with van der Waals surface area (Å²) in [5, 5.41) is 12.1. The number of para-hydroxylation sites is 1. The third kappa shape index (κ3) is 2.98. The maximum Gasteiger partial charge on any atom is 0.270 e. The molecular weight excluding hydrogens is 328 g/mol. The first-order valence-electron chi connectivity index (χ1n) is 8.92. The largest absolute Gasteiger partial charge is 0.353 e. The Morgan fingerprint density at radius 1 is 1.12 bits per heavy atom. The number of piperidine rings is 1. The van der Waals surface area contributed by atoms with Crippen molar-refractivity contribution in [3.63, 3.8) is 0 Å². The van der Waals surface area contributed by atoms with Crippen LogP contribution in [0.1, 0.15) is 26.2 Å². The zero-order chi connectivity index (χ0) is 18.1. The number of hydrogen-bond donors (Lipinski definition) is 0. The summed E-state index contributed by atoms with van der Waals surface area (Å²) in [6, 6.07) is 14.9. The smallest absolute Gasteiger partial charge is 0.270 e. The van der Waals surface area contributed by atoms with E-state index in [0.29, 0.717) is 17.4 Å². The van der Waals surface area contributed by atoms with E-state index in [-0.39, 0.29) is 5.69 Å². The summed E-state index contributed by atoms with van der Waals surface area (Å²) in [5.41, 5.74) is 1.57. The lowest BCUT2D eigenvalue weighted by Crippen LogP contribution is -2.38. The van der Waals surface area contributed by atoms with E-state index >= 15 is 0 Å². The minimum absolute atomic E-state index is 0.0483. The fraction of sp³-hybridized carbons (Fsp3) is 0.300. The van der Waals surface area contributed by atoms with Crippen molar-refractivity contribution in [1.29, 1.82) is 0 Å². The van der Waals surface area contributed by atoms with Crippen LogP contribution in [-0.4, -0.2) is 27.5 Å². The van der Waals surface area contributed by atoms with Gasteiger partial charge in [-0.05, 0) is 38.3 Å². The molecule has 0 bridgehead atoms. The SMILES string of the molecule is CC1CCCCN1c1nc(-c2cccc([N+](=O)[O-])c2)nc2ccccc12. The summed E-state index contributed by atoms with van der Waals surface area (Å²) in [7, 11) is 0. The van der Waals surface area contributed by atoms with Crippen molar-refractivity contribution in [2.75, 3.05) is 11.4 Å². The van der Waals surface area contributed by atoms with Gasteiger partial charge in [-0.25, -0.2) is 9.97 Å². The van der Waals surface area contributed by atoms with Crippen molar-refractivity contribution in [2.45, 2.75) is 32.2 Å². The molecule has 0 spiro atoms. The lowest BCUT2D eigenvalue weighted by molar-refractivity contribution is -0.384. The molecule has 26 heavy (non-hydrogen) atoms. The molecule has 0 saturated carbocycles. The molecule has 1 fully saturated rings. The molecule has 4 rings (SSSR count). The van der Waals surface area contributed by atoms with Crippen LogP contribution in [-0.2, 0) is 0 Å². The molecule has 3 aromatic rings. The Labute approximate surface area is 151 Å². The number of nitrogens with zero attached hydrogens (tertiary/aromatic N) is 4. The van der Waals surface area contributed by atoms with Crippen molar-refractivity contribution in [3.05, 3.63) is 58.6 Å². The lowest BCUT2D eigenvalue weighted by atomic mass is 10.0. The molecule has 132 valence electrons. The maximum absolute atomic E-state index is 11.1. The summed E-state index contributed by atoms with van der Waals surface area (Å²) < 4.78 is 0. The quantitative estimate of drug-likeness (QED) is 0.511. The Balaban J connectivity index is 1.89. The van der Waals surface area contributed by atoms with Crippen LogP contribution in [0.5, 0.6) is 0 Å². The number of non-ortho nitro benzene ring substituents is 1. The van der Waals surface area contributed by atoms with Gasteiger partial charge in [0.15, 0.2) is 5.82 Å². The number of anilines is 1. The summed E-state index contributed by atoms with van der Waals surface area (Å²) in [5.74, 6) is 1.45. The molecule has 1 aliphatic rings. The van der Waals surface area contributed by atoms with Crippen LogP contribution >= 0.6 is 0 Å². The number of rotatable bonds is 3. The fourth-order valence-corrected chi connectivity index (χ4v) is 3.58. The summed E-state index contributed by atoms with van der Waals surface area (Å²) in [4.78, 5) is 22.6. The minimum Gasteiger partial charge on any atom is -0.353 e. The summed E-state index contributed by atoms with van der Waals surface area (Å²) >= 11 is 0. The fourth-order valence-electron chi connectivity index (χ4n) is 3.58. The van der Waals surface area contributed by atoms with Crippen LogP contribution in [0.3, 0.4) is 0 Å². The van der Waals surface area contributed by atoms with Crippen molar-refractivity contribution in [1.82, 2.24) is 9.97 Å². The van der Waals surface area contributed by atoms with Gasteiger partial charge in [0.05, 0.1) is 10.4 Å². The van der Waals surface area contributed by atoms with E-state index in [0.717, 1.165) is 36.1 Å². The molecule has 0 amide bonds. The van der Waals surface area contributed by atoms with Crippen LogP contribution in [0.4, 0.5) is 11.5 Å². The highest BCUT2D eigenvalue weighted by molar-refractivity contribution is 5.91. The highest BCUT2D eigenvalue weighted by Gasteiger charge is 2.23. The highest BCUT2D eigenvalue weighted by atomic mass is 16.6. The number of fused-ring (bicyclic) bond motifs is 1. The molecule has 1 atom stereocenters. The van der Waals surface area contributed by atoms with Gasteiger partial charge in [-0.2, -0.15) is 0 Å². The molecule has 1 unspecified atom stereocenters. The Hall–Kier alpha value is -3.02. The van der Waals surface area contributed by atoms with Crippen molar-refractivity contribution in [3.8, 4) is 11.4 Å². The van der Waals surface area contributed by atoms with E-state index in [1.807, 2.05) is 30.3 Å². The number of hydrogen-bond acceptors (Lipinski definition) is 5. The second kappa shape index (κ2) is 6.71. The van der Waals surface area contributed by atoms with Gasteiger partial charge in [0, 0.05) is 35.7 Å². The van der Waals surface area contributed by atoms with Crippen LogP contribution in [0.2, 0.25) is 0 Å². The van der Waals surface area contributed by atoms with Crippen LogP contribution < -0.4 is 4.90 Å². The average molecular weight is 348 g/mol. The summed E-state index contributed by atoms with van der Waals surface area (Å²) in [6.45, 7) is 3.19. The van der Waals surface area contributed by atoms with Gasteiger partial charge in [-0.1, -0.05) is 24.3 Å². The van der Waals surface area contributed by atoms with Crippen molar-refractivity contribution in [2.24, 2.45) is 0 Å². The zero-order valence-corrected chi connectivity index (χ0v) is 14.6. The van der Waals surface area contributed by atoms with Crippen molar-refractivity contribution < 1.29 is 4.92 Å². The molecular formula is C20H20N4O2. The summed E-state index contributed by atoms with van der Waals surface area (Å²) in [6.07, 6.45) is 3.53. The molecule has 1 saturated heterocycles. The molecule has 0 N–H and O–H groups in total. The predicted molar refractivity (Wildman–Crippen MR) is 102 cm³/mol. The van der Waals surface area contributed by atoms with Gasteiger partial charge in [0.2, 0.25) is 0 Å². The molecule has 1 aliphatic heterocycles. The van der Waals surface area contributed by atoms with Crippen molar-refractivity contribution >= 4 is 22.4 Å². The van der Waals surface area contributed by atoms with E-state index in [9.17, 15) is 10.1 Å². The number of nitro benzene ring substituents is 1. The van der Waals surface area contributed by atoms with E-state index in [2.05, 4.69) is 16.8 Å². The first kappa shape index (κ1) is 16.4. The molecule has 6 heteroatoms.